The van der Waals surface area contributed by atoms with Crippen LogP contribution >= 0.6 is 0 Å². The standard InChI is InChI=1S/C24H24N2O5S/c1-32(28,29)26(16-18-7-3-2-4-8-18)20-13-11-19(12-14-20)24(27)25-15-21-17-30-22-9-5-6-10-23(22)31-21/h2-14,21H,15-17H2,1H3,(H,25,27). The molecule has 1 N–H and O–H groups in total. The molecule has 0 aliphatic carbocycles. The average molecular weight is 453 g/mol. The fourth-order valence-corrected chi connectivity index (χ4v) is 4.29. The van der Waals surface area contributed by atoms with E-state index in [1.807, 2.05) is 54.6 Å². The van der Waals surface area contributed by atoms with E-state index in [9.17, 15) is 13.2 Å². The second kappa shape index (κ2) is 9.32. The minimum atomic E-state index is -3.50. The molecule has 1 heterocycles. The Bertz CT molecular complexity index is 1180. The van der Waals surface area contributed by atoms with Gasteiger partial charge in [-0.15, -0.1) is 0 Å². The quantitative estimate of drug-likeness (QED) is 0.595. The third kappa shape index (κ3) is 5.20. The highest BCUT2D eigenvalue weighted by Crippen LogP contribution is 2.30. The second-order valence-electron chi connectivity index (χ2n) is 7.51. The van der Waals surface area contributed by atoms with E-state index in [2.05, 4.69) is 5.32 Å². The first-order chi connectivity index (χ1) is 15.4. The monoisotopic (exact) mass is 452 g/mol. The van der Waals surface area contributed by atoms with Gasteiger partial charge in [0.2, 0.25) is 10.0 Å². The highest BCUT2D eigenvalue weighted by Gasteiger charge is 2.22. The van der Waals surface area contributed by atoms with Gasteiger partial charge in [-0.25, -0.2) is 8.42 Å². The smallest absolute Gasteiger partial charge is 0.251 e. The minimum Gasteiger partial charge on any atom is -0.486 e. The average Bonchev–Trinajstić information content (AvgIpc) is 2.81. The number of amides is 1. The van der Waals surface area contributed by atoms with Crippen LogP contribution in [-0.2, 0) is 16.6 Å². The summed E-state index contributed by atoms with van der Waals surface area (Å²) >= 11 is 0. The second-order valence-corrected chi connectivity index (χ2v) is 9.42. The zero-order valence-electron chi connectivity index (χ0n) is 17.6. The number of sulfonamides is 1. The summed E-state index contributed by atoms with van der Waals surface area (Å²) < 4.78 is 37.5. The van der Waals surface area contributed by atoms with Crippen LogP contribution in [0, 0.1) is 0 Å². The zero-order chi connectivity index (χ0) is 22.6. The van der Waals surface area contributed by atoms with Crippen molar-refractivity contribution in [3.63, 3.8) is 0 Å². The lowest BCUT2D eigenvalue weighted by Gasteiger charge is -2.26. The van der Waals surface area contributed by atoms with Crippen LogP contribution in [0.15, 0.2) is 78.9 Å². The number of benzene rings is 3. The number of nitrogens with zero attached hydrogens (tertiary/aromatic N) is 1. The molecule has 1 aliphatic heterocycles. The first-order valence-electron chi connectivity index (χ1n) is 10.2. The Morgan fingerprint density at radius 2 is 1.62 bits per heavy atom. The normalized spacial score (nSPS) is 15.1. The van der Waals surface area contributed by atoms with Crippen molar-refractivity contribution in [1.82, 2.24) is 5.32 Å². The molecule has 1 unspecified atom stereocenters. The van der Waals surface area contributed by atoms with Crippen molar-refractivity contribution < 1.29 is 22.7 Å². The Labute approximate surface area is 187 Å². The van der Waals surface area contributed by atoms with Gasteiger partial charge in [-0.2, -0.15) is 0 Å². The molecule has 7 nitrogen and oxygen atoms in total. The Morgan fingerprint density at radius 1 is 0.969 bits per heavy atom. The minimum absolute atomic E-state index is 0.214. The number of rotatable bonds is 7. The van der Waals surface area contributed by atoms with Crippen molar-refractivity contribution in [2.24, 2.45) is 0 Å². The molecule has 1 atom stereocenters. The summed E-state index contributed by atoms with van der Waals surface area (Å²) in [6.07, 6.45) is 0.876. The largest absolute Gasteiger partial charge is 0.486 e. The molecule has 32 heavy (non-hydrogen) atoms. The predicted octanol–water partition coefficient (Wildman–Crippen LogP) is 3.22. The molecular formula is C24H24N2O5S. The maximum Gasteiger partial charge on any atom is 0.251 e. The third-order valence-corrected chi connectivity index (χ3v) is 6.19. The van der Waals surface area contributed by atoms with Crippen molar-refractivity contribution in [3.8, 4) is 11.5 Å². The maximum atomic E-state index is 12.6. The van der Waals surface area contributed by atoms with Gasteiger partial charge in [0.15, 0.2) is 11.5 Å². The van der Waals surface area contributed by atoms with E-state index in [1.165, 1.54) is 10.6 Å². The van der Waals surface area contributed by atoms with Crippen LogP contribution in [0.5, 0.6) is 11.5 Å². The summed E-state index contributed by atoms with van der Waals surface area (Å²) in [7, 11) is -3.50. The Balaban J connectivity index is 1.39. The highest BCUT2D eigenvalue weighted by atomic mass is 32.2. The molecule has 0 aromatic heterocycles. The lowest BCUT2D eigenvalue weighted by Crippen LogP contribution is -2.40. The molecule has 1 aliphatic rings. The predicted molar refractivity (Wildman–Crippen MR) is 123 cm³/mol. The molecule has 0 saturated carbocycles. The summed E-state index contributed by atoms with van der Waals surface area (Å²) in [6.45, 7) is 0.850. The van der Waals surface area contributed by atoms with Gasteiger partial charge in [-0.3, -0.25) is 9.10 Å². The summed E-state index contributed by atoms with van der Waals surface area (Å²) in [5.41, 5.74) is 1.79. The first kappa shape index (κ1) is 21.7. The fourth-order valence-electron chi connectivity index (χ4n) is 3.40. The summed E-state index contributed by atoms with van der Waals surface area (Å²) in [5, 5.41) is 2.84. The molecule has 1 amide bonds. The third-order valence-electron chi connectivity index (χ3n) is 5.04. The Hall–Kier alpha value is -3.52. The molecule has 0 fully saturated rings. The van der Waals surface area contributed by atoms with Gasteiger partial charge < -0.3 is 14.8 Å². The van der Waals surface area contributed by atoms with Gasteiger partial charge in [0.1, 0.15) is 12.7 Å². The molecule has 166 valence electrons. The van der Waals surface area contributed by atoms with Crippen LogP contribution in [0.4, 0.5) is 5.69 Å². The maximum absolute atomic E-state index is 12.6. The highest BCUT2D eigenvalue weighted by molar-refractivity contribution is 7.92. The number of nitrogens with one attached hydrogen (secondary N) is 1. The van der Waals surface area contributed by atoms with E-state index >= 15 is 0 Å². The van der Waals surface area contributed by atoms with Crippen LogP contribution in [0.1, 0.15) is 15.9 Å². The van der Waals surface area contributed by atoms with Gasteiger partial charge >= 0.3 is 0 Å². The Morgan fingerprint density at radius 3 is 2.31 bits per heavy atom. The van der Waals surface area contributed by atoms with E-state index in [1.54, 1.807) is 24.3 Å². The zero-order valence-corrected chi connectivity index (χ0v) is 18.4. The van der Waals surface area contributed by atoms with Crippen LogP contribution in [-0.4, -0.2) is 39.8 Å². The van der Waals surface area contributed by atoms with Crippen LogP contribution in [0.2, 0.25) is 0 Å². The number of fused-ring (bicyclic) bond motifs is 1. The molecule has 4 rings (SSSR count). The molecular weight excluding hydrogens is 428 g/mol. The van der Waals surface area contributed by atoms with E-state index in [0.29, 0.717) is 35.9 Å². The van der Waals surface area contributed by atoms with Gasteiger partial charge in [-0.05, 0) is 42.0 Å². The molecule has 8 heteroatoms. The number of anilines is 1. The lowest BCUT2D eigenvalue weighted by molar-refractivity contribution is 0.0789. The summed E-state index contributed by atoms with van der Waals surface area (Å²) in [6, 6.07) is 23.2. The van der Waals surface area contributed by atoms with Gasteiger partial charge in [-0.1, -0.05) is 42.5 Å². The van der Waals surface area contributed by atoms with E-state index in [4.69, 9.17) is 9.47 Å². The number of hydrogen-bond acceptors (Lipinski definition) is 5. The topological polar surface area (TPSA) is 84.9 Å². The summed E-state index contributed by atoms with van der Waals surface area (Å²) in [4.78, 5) is 12.6. The number of para-hydroxylation sites is 2. The molecule has 0 radical (unpaired) electrons. The van der Waals surface area contributed by atoms with Crippen molar-refractivity contribution >= 4 is 21.6 Å². The molecule has 3 aromatic carbocycles. The van der Waals surface area contributed by atoms with Crippen LogP contribution in [0.3, 0.4) is 0 Å². The van der Waals surface area contributed by atoms with E-state index in [-0.39, 0.29) is 18.6 Å². The lowest BCUT2D eigenvalue weighted by atomic mass is 10.1. The number of carbonyl (C=O) groups is 1. The van der Waals surface area contributed by atoms with Gasteiger partial charge in [0.05, 0.1) is 25.0 Å². The van der Waals surface area contributed by atoms with Gasteiger partial charge in [0.25, 0.3) is 5.91 Å². The molecule has 3 aromatic rings. The van der Waals surface area contributed by atoms with E-state index in [0.717, 1.165) is 5.56 Å². The SMILES string of the molecule is CS(=O)(=O)N(Cc1ccccc1)c1ccc(C(=O)NCC2COc3ccccc3O2)cc1. The Kier molecular flexibility index (Phi) is 6.32. The van der Waals surface area contributed by atoms with Gasteiger partial charge in [0, 0.05) is 5.56 Å². The number of hydrogen-bond donors (Lipinski definition) is 1. The first-order valence-corrected chi connectivity index (χ1v) is 12.0. The summed E-state index contributed by atoms with van der Waals surface area (Å²) in [5.74, 6) is 1.08. The van der Waals surface area contributed by atoms with Crippen molar-refractivity contribution in [2.45, 2.75) is 12.6 Å². The van der Waals surface area contributed by atoms with Crippen LogP contribution < -0.4 is 19.1 Å². The van der Waals surface area contributed by atoms with Crippen LogP contribution in [0.25, 0.3) is 0 Å². The number of carbonyl (C=O) groups excluding carboxylic acids is 1. The van der Waals surface area contributed by atoms with Crippen molar-refractivity contribution in [2.75, 3.05) is 23.7 Å². The molecule has 0 saturated heterocycles. The van der Waals surface area contributed by atoms with E-state index < -0.39 is 10.0 Å². The molecule has 0 spiro atoms. The molecule has 0 bridgehead atoms. The van der Waals surface area contributed by atoms with Crippen molar-refractivity contribution in [1.29, 1.82) is 0 Å². The van der Waals surface area contributed by atoms with Crippen molar-refractivity contribution in [3.05, 3.63) is 90.0 Å². The fraction of sp³-hybridized carbons (Fsp3) is 0.208. The number of ether oxygens (including phenoxy) is 2.